The Morgan fingerprint density at radius 2 is 0.902 bits per heavy atom. The Morgan fingerprint density at radius 1 is 0.393 bits per heavy atom. The van der Waals surface area contributed by atoms with Crippen LogP contribution in [0.4, 0.5) is 17.1 Å². The quantitative estimate of drug-likeness (QED) is 0.162. The van der Waals surface area contributed by atoms with Gasteiger partial charge in [-0.05, 0) is 143 Å². The zero-order chi connectivity index (χ0) is 41.0. The summed E-state index contributed by atoms with van der Waals surface area (Å²) < 4.78 is 6.97. The number of furan rings is 1. The van der Waals surface area contributed by atoms with Crippen molar-refractivity contribution >= 4 is 71.3 Å². The fraction of sp³-hybridized carbons (Fsp3) is 0.0847. The number of benzene rings is 10. The first-order valence-corrected chi connectivity index (χ1v) is 21.3. The van der Waals surface area contributed by atoms with Crippen LogP contribution in [0, 0.1) is 6.92 Å². The van der Waals surface area contributed by atoms with Crippen LogP contribution in [0.15, 0.2) is 192 Å². The van der Waals surface area contributed by atoms with E-state index >= 15 is 0 Å². The first-order valence-electron chi connectivity index (χ1n) is 21.3. The first-order chi connectivity index (χ1) is 29.8. The number of fused-ring (bicyclic) bond motifs is 10. The van der Waals surface area contributed by atoms with E-state index in [0.717, 1.165) is 39.0 Å². The lowest BCUT2D eigenvalue weighted by atomic mass is 9.75. The second kappa shape index (κ2) is 13.3. The van der Waals surface area contributed by atoms with Crippen LogP contribution < -0.4 is 4.90 Å². The maximum absolute atomic E-state index is 6.97. The smallest absolute Gasteiger partial charge is 0.159 e. The van der Waals surface area contributed by atoms with Crippen molar-refractivity contribution in [3.8, 4) is 44.5 Å². The Kier molecular flexibility index (Phi) is 7.74. The minimum absolute atomic E-state index is 0.0604. The topological polar surface area (TPSA) is 16.4 Å². The molecule has 10 aromatic carbocycles. The summed E-state index contributed by atoms with van der Waals surface area (Å²) in [7, 11) is 0. The summed E-state index contributed by atoms with van der Waals surface area (Å²) in [5, 5.41) is 9.82. The molecular weight excluding hydrogens is 739 g/mol. The number of anilines is 3. The zero-order valence-corrected chi connectivity index (χ0v) is 34.8. The number of aryl methyl sites for hydroxylation is 1. The van der Waals surface area contributed by atoms with Gasteiger partial charge in [-0.1, -0.05) is 160 Å². The van der Waals surface area contributed by atoms with Gasteiger partial charge in [-0.15, -0.1) is 0 Å². The molecule has 1 aliphatic carbocycles. The molecule has 2 nitrogen and oxygen atoms in total. The van der Waals surface area contributed by atoms with Gasteiger partial charge in [-0.25, -0.2) is 0 Å². The van der Waals surface area contributed by atoms with Crippen molar-refractivity contribution in [2.24, 2.45) is 0 Å². The summed E-state index contributed by atoms with van der Waals surface area (Å²) >= 11 is 0. The van der Waals surface area contributed by atoms with Crippen molar-refractivity contribution in [2.75, 3.05) is 4.90 Å². The van der Waals surface area contributed by atoms with E-state index in [1.54, 1.807) is 0 Å². The Morgan fingerprint density at radius 3 is 1.52 bits per heavy atom. The number of para-hydroxylation sites is 3. The summed E-state index contributed by atoms with van der Waals surface area (Å²) in [5.74, 6) is 0. The molecule has 290 valence electrons. The number of hydrogen-bond acceptors (Lipinski definition) is 2. The van der Waals surface area contributed by atoms with E-state index in [0.29, 0.717) is 0 Å². The largest absolute Gasteiger partial charge is 0.454 e. The van der Waals surface area contributed by atoms with Crippen molar-refractivity contribution in [1.82, 2.24) is 0 Å². The van der Waals surface area contributed by atoms with Crippen molar-refractivity contribution in [3.63, 3.8) is 0 Å². The van der Waals surface area contributed by atoms with Crippen LogP contribution in [-0.4, -0.2) is 0 Å². The fourth-order valence-electron chi connectivity index (χ4n) is 10.1. The Balaban J connectivity index is 1.06. The van der Waals surface area contributed by atoms with E-state index in [4.69, 9.17) is 4.42 Å². The average molecular weight is 782 g/mol. The SMILES string of the molecule is Cc1ccccc1N(c1ccc2cc3c(cc2c1)-c1cc2c(-c4ccccc4)c4ccccc4c(-c4ccccc4)c2cc1-3)c1cccc2c1oc1c(C(C)(C)C)cccc12. The molecule has 0 spiro atoms. The molecule has 0 aliphatic heterocycles. The molecule has 2 heteroatoms. The Bertz CT molecular complexity index is 3570. The number of rotatable bonds is 5. The molecule has 12 rings (SSSR count). The molecule has 0 N–H and O–H groups in total. The van der Waals surface area contributed by atoms with Gasteiger partial charge in [0, 0.05) is 27.7 Å². The molecule has 61 heavy (non-hydrogen) atoms. The number of nitrogens with zero attached hydrogens (tertiary/aromatic N) is 1. The molecule has 1 heterocycles. The van der Waals surface area contributed by atoms with Gasteiger partial charge in [0.2, 0.25) is 0 Å². The molecule has 1 aliphatic rings. The van der Waals surface area contributed by atoms with Crippen LogP contribution in [0.2, 0.25) is 0 Å². The summed E-state index contributed by atoms with van der Waals surface area (Å²) in [6, 6.07) is 69.2. The molecule has 0 unspecified atom stereocenters. The van der Waals surface area contributed by atoms with Crippen LogP contribution in [0.5, 0.6) is 0 Å². The van der Waals surface area contributed by atoms with E-state index in [-0.39, 0.29) is 5.41 Å². The lowest BCUT2D eigenvalue weighted by molar-refractivity contribution is 0.573. The normalized spacial score (nSPS) is 12.3. The molecule has 0 saturated heterocycles. The molecule has 0 saturated carbocycles. The standard InChI is InChI=1S/C59H43NO/c1-36-17-11-14-27-53(36)60(54-28-16-25-45-44-24-15-26-52(59(2,3)4)57(44)61-58(45)54)41-30-29-39-32-46-47(33-40(39)31-41)49-35-51-50(34-48(46)49)55(37-18-7-5-8-19-37)42-22-12-13-23-43(42)56(51)38-20-9-6-10-21-38/h5-35H,1-4H3. The van der Waals surface area contributed by atoms with Crippen LogP contribution in [0.1, 0.15) is 31.9 Å². The lowest BCUT2D eigenvalue weighted by Gasteiger charge is -2.29. The van der Waals surface area contributed by atoms with E-state index in [2.05, 4.69) is 221 Å². The van der Waals surface area contributed by atoms with Gasteiger partial charge >= 0.3 is 0 Å². The second-order valence-corrected chi connectivity index (χ2v) is 17.7. The Hall–Kier alpha value is -7.42. The number of hydrogen-bond donors (Lipinski definition) is 0. The Labute approximate surface area is 355 Å². The maximum Gasteiger partial charge on any atom is 0.159 e. The highest BCUT2D eigenvalue weighted by molar-refractivity contribution is 6.25. The van der Waals surface area contributed by atoms with Gasteiger partial charge in [0.15, 0.2) is 5.58 Å². The molecule has 0 amide bonds. The van der Waals surface area contributed by atoms with Crippen molar-refractivity contribution < 1.29 is 4.42 Å². The van der Waals surface area contributed by atoms with Crippen molar-refractivity contribution in [1.29, 1.82) is 0 Å². The summed E-state index contributed by atoms with van der Waals surface area (Å²) in [6.07, 6.45) is 0. The summed E-state index contributed by atoms with van der Waals surface area (Å²) in [6.45, 7) is 8.96. The predicted molar refractivity (Wildman–Crippen MR) is 260 cm³/mol. The second-order valence-electron chi connectivity index (χ2n) is 17.7. The monoisotopic (exact) mass is 781 g/mol. The van der Waals surface area contributed by atoms with Crippen LogP contribution in [-0.2, 0) is 5.41 Å². The van der Waals surface area contributed by atoms with Crippen molar-refractivity contribution in [3.05, 3.63) is 199 Å². The molecule has 0 radical (unpaired) electrons. The molecule has 0 fully saturated rings. The minimum Gasteiger partial charge on any atom is -0.454 e. The van der Waals surface area contributed by atoms with Gasteiger partial charge in [0.1, 0.15) is 5.58 Å². The summed E-state index contributed by atoms with van der Waals surface area (Å²) in [5.41, 5.74) is 17.7. The van der Waals surface area contributed by atoms with E-state index < -0.39 is 0 Å². The van der Waals surface area contributed by atoms with Gasteiger partial charge in [-0.3, -0.25) is 0 Å². The fourth-order valence-corrected chi connectivity index (χ4v) is 10.1. The third-order valence-corrected chi connectivity index (χ3v) is 13.0. The molecule has 0 atom stereocenters. The highest BCUT2D eigenvalue weighted by Crippen LogP contribution is 2.54. The third kappa shape index (κ3) is 5.42. The predicted octanol–water partition coefficient (Wildman–Crippen LogP) is 17.1. The average Bonchev–Trinajstić information content (AvgIpc) is 3.68. The highest BCUT2D eigenvalue weighted by Gasteiger charge is 2.28. The van der Waals surface area contributed by atoms with Crippen molar-refractivity contribution in [2.45, 2.75) is 33.1 Å². The van der Waals surface area contributed by atoms with Crippen LogP contribution in [0.3, 0.4) is 0 Å². The van der Waals surface area contributed by atoms with Gasteiger partial charge in [-0.2, -0.15) is 0 Å². The minimum atomic E-state index is -0.0604. The first kappa shape index (κ1) is 35.5. The zero-order valence-electron chi connectivity index (χ0n) is 34.8. The summed E-state index contributed by atoms with van der Waals surface area (Å²) in [4.78, 5) is 2.39. The molecular formula is C59H43NO. The molecule has 0 bridgehead atoms. The van der Waals surface area contributed by atoms with Crippen LogP contribution >= 0.6 is 0 Å². The van der Waals surface area contributed by atoms with Gasteiger partial charge in [0.25, 0.3) is 0 Å². The molecule has 11 aromatic rings. The van der Waals surface area contributed by atoms with Gasteiger partial charge < -0.3 is 9.32 Å². The molecule has 1 aromatic heterocycles. The highest BCUT2D eigenvalue weighted by atomic mass is 16.3. The van der Waals surface area contributed by atoms with E-state index in [1.165, 1.54) is 88.0 Å². The van der Waals surface area contributed by atoms with E-state index in [9.17, 15) is 0 Å². The van der Waals surface area contributed by atoms with E-state index in [1.807, 2.05) is 0 Å². The van der Waals surface area contributed by atoms with Crippen LogP contribution in [0.25, 0.3) is 98.8 Å². The third-order valence-electron chi connectivity index (χ3n) is 13.0. The lowest BCUT2D eigenvalue weighted by Crippen LogP contribution is -2.11. The van der Waals surface area contributed by atoms with Gasteiger partial charge in [0.05, 0.1) is 5.69 Å². The maximum atomic E-state index is 6.97.